The Bertz CT molecular complexity index is 791. The van der Waals surface area contributed by atoms with Crippen molar-refractivity contribution in [1.29, 1.82) is 0 Å². The number of nitrogens with one attached hydrogen (secondary N) is 1. The summed E-state index contributed by atoms with van der Waals surface area (Å²) in [5, 5.41) is 2.27. The summed E-state index contributed by atoms with van der Waals surface area (Å²) in [5.41, 5.74) is 0.523. The number of hydrogen-bond donors (Lipinski definition) is 1. The van der Waals surface area contributed by atoms with E-state index in [4.69, 9.17) is 4.74 Å². The van der Waals surface area contributed by atoms with Gasteiger partial charge in [0.25, 0.3) is 5.91 Å². The van der Waals surface area contributed by atoms with E-state index in [-0.39, 0.29) is 11.4 Å². The largest absolute Gasteiger partial charge is 0.452 e. The third kappa shape index (κ3) is 6.31. The van der Waals surface area contributed by atoms with Gasteiger partial charge in [0.1, 0.15) is 11.6 Å². The molecule has 8 heteroatoms. The summed E-state index contributed by atoms with van der Waals surface area (Å²) in [6.45, 7) is -3.50. The molecule has 0 fully saturated rings. The third-order valence-corrected chi connectivity index (χ3v) is 3.01. The second-order valence-electron chi connectivity index (χ2n) is 4.92. The van der Waals surface area contributed by atoms with E-state index >= 15 is 0 Å². The number of carbonyl (C=O) groups is 2. The second-order valence-corrected chi connectivity index (χ2v) is 4.92. The molecule has 0 aromatic heterocycles. The molecule has 2 rings (SSSR count). The second kappa shape index (κ2) is 9.26. The lowest BCUT2D eigenvalue weighted by Crippen LogP contribution is -2.20. The monoisotopic (exact) mass is 365 g/mol. The van der Waals surface area contributed by atoms with Crippen LogP contribution in [0.4, 0.5) is 18.9 Å². The summed E-state index contributed by atoms with van der Waals surface area (Å²) in [6.07, 6.45) is 2.45. The molecule has 0 radical (unpaired) electrons. The molecule has 0 aliphatic rings. The predicted octanol–water partition coefficient (Wildman–Crippen LogP) is 3.62. The van der Waals surface area contributed by atoms with Crippen LogP contribution < -0.4 is 10.1 Å². The smallest absolute Gasteiger partial charge is 0.387 e. The maximum Gasteiger partial charge on any atom is 0.387 e. The van der Waals surface area contributed by atoms with Crippen LogP contribution in [0.5, 0.6) is 5.75 Å². The standard InChI is InChI=1S/C18H14F3NO4/c19-14-3-1-2-4-15(14)22-16(23)11-25-17(24)10-7-12-5-8-13(9-6-12)26-18(20)21/h1-10,18H,11H2,(H,22,23)/b10-7+. The zero-order chi connectivity index (χ0) is 18.9. The van der Waals surface area contributed by atoms with Gasteiger partial charge in [-0.15, -0.1) is 0 Å². The Balaban J connectivity index is 1.80. The number of rotatable bonds is 7. The Kier molecular flexibility index (Phi) is 6.78. The molecule has 0 heterocycles. The van der Waals surface area contributed by atoms with Gasteiger partial charge in [-0.25, -0.2) is 9.18 Å². The maximum atomic E-state index is 13.4. The third-order valence-electron chi connectivity index (χ3n) is 3.01. The summed E-state index contributed by atoms with van der Waals surface area (Å²) < 4.78 is 46.4. The van der Waals surface area contributed by atoms with E-state index in [0.29, 0.717) is 5.56 Å². The van der Waals surface area contributed by atoms with Gasteiger partial charge in [0.15, 0.2) is 6.61 Å². The average Bonchev–Trinajstić information content (AvgIpc) is 2.61. The Morgan fingerprint density at radius 3 is 2.42 bits per heavy atom. The molecule has 2 aromatic rings. The molecule has 0 unspecified atom stereocenters. The van der Waals surface area contributed by atoms with Crippen molar-refractivity contribution in [1.82, 2.24) is 0 Å². The van der Waals surface area contributed by atoms with Gasteiger partial charge in [-0.1, -0.05) is 24.3 Å². The molecule has 0 aliphatic heterocycles. The highest BCUT2D eigenvalue weighted by Crippen LogP contribution is 2.15. The summed E-state index contributed by atoms with van der Waals surface area (Å²) in [5.74, 6) is -2.09. The van der Waals surface area contributed by atoms with Crippen LogP contribution in [0, 0.1) is 5.82 Å². The van der Waals surface area contributed by atoms with Gasteiger partial charge in [0.05, 0.1) is 5.69 Å². The summed E-state index contributed by atoms with van der Waals surface area (Å²) in [7, 11) is 0. The first kappa shape index (κ1) is 19.0. The first-order valence-electron chi connectivity index (χ1n) is 7.38. The van der Waals surface area contributed by atoms with Crippen LogP contribution in [-0.2, 0) is 14.3 Å². The molecule has 0 atom stereocenters. The molecule has 0 aliphatic carbocycles. The number of amides is 1. The highest BCUT2D eigenvalue weighted by molar-refractivity contribution is 5.94. The molecule has 26 heavy (non-hydrogen) atoms. The van der Waals surface area contributed by atoms with Gasteiger partial charge >= 0.3 is 12.6 Å². The van der Waals surface area contributed by atoms with Crippen LogP contribution >= 0.6 is 0 Å². The summed E-state index contributed by atoms with van der Waals surface area (Å²) >= 11 is 0. The SMILES string of the molecule is O=C(COC(=O)/C=C/c1ccc(OC(F)F)cc1)Nc1ccccc1F. The Morgan fingerprint density at radius 1 is 1.08 bits per heavy atom. The zero-order valence-electron chi connectivity index (χ0n) is 13.3. The fourth-order valence-electron chi connectivity index (χ4n) is 1.86. The van der Waals surface area contributed by atoms with Crippen LogP contribution in [-0.4, -0.2) is 25.1 Å². The minimum atomic E-state index is -2.91. The predicted molar refractivity (Wildman–Crippen MR) is 88.1 cm³/mol. The van der Waals surface area contributed by atoms with Crippen LogP contribution in [0.2, 0.25) is 0 Å². The topological polar surface area (TPSA) is 64.6 Å². The van der Waals surface area contributed by atoms with Crippen molar-refractivity contribution < 1.29 is 32.2 Å². The molecule has 1 amide bonds. The van der Waals surface area contributed by atoms with Crippen molar-refractivity contribution in [3.8, 4) is 5.75 Å². The lowest BCUT2D eigenvalue weighted by atomic mass is 10.2. The quantitative estimate of drug-likeness (QED) is 0.601. The van der Waals surface area contributed by atoms with Crippen molar-refractivity contribution in [3.63, 3.8) is 0 Å². The van der Waals surface area contributed by atoms with Crippen LogP contribution in [0.15, 0.2) is 54.6 Å². The van der Waals surface area contributed by atoms with E-state index in [2.05, 4.69) is 10.1 Å². The Hall–Kier alpha value is -3.29. The fraction of sp³-hybridized carbons (Fsp3) is 0.111. The Labute approximate surface area is 147 Å². The van der Waals surface area contributed by atoms with Gasteiger partial charge in [0.2, 0.25) is 0 Å². The highest BCUT2D eigenvalue weighted by atomic mass is 19.3. The lowest BCUT2D eigenvalue weighted by Gasteiger charge is -2.06. The van der Waals surface area contributed by atoms with Gasteiger partial charge in [0, 0.05) is 6.08 Å². The molecule has 0 bridgehead atoms. The number of benzene rings is 2. The number of carbonyl (C=O) groups excluding carboxylic acids is 2. The minimum Gasteiger partial charge on any atom is -0.452 e. The van der Waals surface area contributed by atoms with E-state index in [1.54, 1.807) is 6.07 Å². The van der Waals surface area contributed by atoms with E-state index < -0.39 is 30.9 Å². The highest BCUT2D eigenvalue weighted by Gasteiger charge is 2.08. The number of anilines is 1. The number of alkyl halides is 2. The molecular weight excluding hydrogens is 351 g/mol. The summed E-state index contributed by atoms with van der Waals surface area (Å²) in [4.78, 5) is 23.2. The molecule has 0 saturated heterocycles. The average molecular weight is 365 g/mol. The lowest BCUT2D eigenvalue weighted by molar-refractivity contribution is -0.142. The Morgan fingerprint density at radius 2 is 1.77 bits per heavy atom. The van der Waals surface area contributed by atoms with E-state index in [1.807, 2.05) is 0 Å². The van der Waals surface area contributed by atoms with E-state index in [0.717, 1.165) is 6.08 Å². The molecular formula is C18H14F3NO4. The molecule has 0 saturated carbocycles. The first-order valence-corrected chi connectivity index (χ1v) is 7.38. The van der Waals surface area contributed by atoms with Crippen LogP contribution in [0.1, 0.15) is 5.56 Å². The van der Waals surface area contributed by atoms with E-state index in [9.17, 15) is 22.8 Å². The number of halogens is 3. The van der Waals surface area contributed by atoms with Gasteiger partial charge < -0.3 is 14.8 Å². The first-order chi connectivity index (χ1) is 12.4. The number of para-hydroxylation sites is 1. The molecule has 2 aromatic carbocycles. The zero-order valence-corrected chi connectivity index (χ0v) is 13.3. The van der Waals surface area contributed by atoms with Crippen LogP contribution in [0.25, 0.3) is 6.08 Å². The summed E-state index contributed by atoms with van der Waals surface area (Å²) in [6, 6.07) is 11.1. The van der Waals surface area contributed by atoms with Gasteiger partial charge in [-0.3, -0.25) is 4.79 Å². The van der Waals surface area contributed by atoms with Gasteiger partial charge in [-0.2, -0.15) is 8.78 Å². The van der Waals surface area contributed by atoms with Crippen molar-refractivity contribution in [2.75, 3.05) is 11.9 Å². The molecule has 0 spiro atoms. The van der Waals surface area contributed by atoms with Crippen LogP contribution in [0.3, 0.4) is 0 Å². The maximum absolute atomic E-state index is 13.4. The number of esters is 1. The van der Waals surface area contributed by atoms with E-state index in [1.165, 1.54) is 48.5 Å². The minimum absolute atomic E-state index is 0.00968. The van der Waals surface area contributed by atoms with Crippen molar-refractivity contribution in [2.45, 2.75) is 6.61 Å². The van der Waals surface area contributed by atoms with Crippen molar-refractivity contribution >= 4 is 23.6 Å². The van der Waals surface area contributed by atoms with Gasteiger partial charge in [-0.05, 0) is 35.9 Å². The fourth-order valence-corrected chi connectivity index (χ4v) is 1.86. The number of hydrogen-bond acceptors (Lipinski definition) is 4. The molecule has 136 valence electrons. The molecule has 5 nitrogen and oxygen atoms in total. The normalized spacial score (nSPS) is 10.8. The number of ether oxygens (including phenoxy) is 2. The van der Waals surface area contributed by atoms with Crippen molar-refractivity contribution in [3.05, 3.63) is 66.0 Å². The van der Waals surface area contributed by atoms with Crippen molar-refractivity contribution in [2.24, 2.45) is 0 Å². The molecule has 1 N–H and O–H groups in total.